The quantitative estimate of drug-likeness (QED) is 0.924. The molecule has 0 amide bonds. The molecule has 3 unspecified atom stereocenters. The van der Waals surface area contributed by atoms with Gasteiger partial charge in [-0.2, -0.15) is 0 Å². The van der Waals surface area contributed by atoms with Crippen molar-refractivity contribution in [3.63, 3.8) is 0 Å². The van der Waals surface area contributed by atoms with Gasteiger partial charge in [-0.15, -0.1) is 0 Å². The first kappa shape index (κ1) is 15.0. The Labute approximate surface area is 128 Å². The zero-order valence-electron chi connectivity index (χ0n) is 13.2. The highest BCUT2D eigenvalue weighted by Crippen LogP contribution is 2.37. The van der Waals surface area contributed by atoms with Gasteiger partial charge in [0.25, 0.3) is 0 Å². The highest BCUT2D eigenvalue weighted by molar-refractivity contribution is 5.23. The van der Waals surface area contributed by atoms with Gasteiger partial charge in [0.05, 0.1) is 12.2 Å². The molecule has 1 aromatic carbocycles. The Kier molecular flexibility index (Phi) is 4.63. The lowest BCUT2D eigenvalue weighted by atomic mass is 9.79. The van der Waals surface area contributed by atoms with Crippen molar-refractivity contribution in [2.45, 2.75) is 44.2 Å². The van der Waals surface area contributed by atoms with Crippen LogP contribution in [0.3, 0.4) is 0 Å². The molecule has 2 saturated heterocycles. The lowest BCUT2D eigenvalue weighted by molar-refractivity contribution is -0.102. The average Bonchev–Trinajstić information content (AvgIpc) is 2.92. The topological polar surface area (TPSA) is 30.5 Å². The van der Waals surface area contributed by atoms with Crippen molar-refractivity contribution in [3.05, 3.63) is 35.4 Å². The summed E-state index contributed by atoms with van der Waals surface area (Å²) in [6.45, 7) is 4.68. The first-order valence-corrected chi connectivity index (χ1v) is 8.15. The Hall–Kier alpha value is -0.900. The fourth-order valence-corrected chi connectivity index (χ4v) is 3.87. The minimum atomic E-state index is 0.00458. The van der Waals surface area contributed by atoms with E-state index < -0.39 is 0 Å². The van der Waals surface area contributed by atoms with Crippen LogP contribution in [0.1, 0.15) is 30.4 Å². The van der Waals surface area contributed by atoms with E-state index in [9.17, 15) is 0 Å². The van der Waals surface area contributed by atoms with Crippen LogP contribution in [0.5, 0.6) is 0 Å². The number of hydrogen-bond donors (Lipinski definition) is 1. The Morgan fingerprint density at radius 2 is 2.29 bits per heavy atom. The molecule has 1 spiro atoms. The SMILES string of the molecule is CNC(Cc1cccc(C)c1)C1CCOC2(CCOC2)C1. The zero-order chi connectivity index (χ0) is 14.7. The van der Waals surface area contributed by atoms with Crippen LogP contribution >= 0.6 is 0 Å². The van der Waals surface area contributed by atoms with Crippen molar-refractivity contribution < 1.29 is 9.47 Å². The Morgan fingerprint density at radius 1 is 1.38 bits per heavy atom. The monoisotopic (exact) mass is 289 g/mol. The summed E-state index contributed by atoms with van der Waals surface area (Å²) >= 11 is 0. The molecule has 2 aliphatic heterocycles. The zero-order valence-corrected chi connectivity index (χ0v) is 13.2. The number of rotatable bonds is 4. The molecule has 2 heterocycles. The summed E-state index contributed by atoms with van der Waals surface area (Å²) in [6, 6.07) is 9.39. The molecule has 0 bridgehead atoms. The Morgan fingerprint density at radius 3 is 3.00 bits per heavy atom. The van der Waals surface area contributed by atoms with Gasteiger partial charge in [0.1, 0.15) is 0 Å². The van der Waals surface area contributed by atoms with Gasteiger partial charge in [-0.1, -0.05) is 29.8 Å². The van der Waals surface area contributed by atoms with E-state index in [2.05, 4.69) is 43.6 Å². The summed E-state index contributed by atoms with van der Waals surface area (Å²) < 4.78 is 11.7. The van der Waals surface area contributed by atoms with Gasteiger partial charge in [-0.25, -0.2) is 0 Å². The second kappa shape index (κ2) is 6.47. The number of hydrogen-bond acceptors (Lipinski definition) is 3. The van der Waals surface area contributed by atoms with Crippen molar-refractivity contribution in [3.8, 4) is 0 Å². The van der Waals surface area contributed by atoms with Gasteiger partial charge in [0, 0.05) is 25.7 Å². The van der Waals surface area contributed by atoms with Gasteiger partial charge in [-0.05, 0) is 44.7 Å². The molecule has 1 N–H and O–H groups in total. The highest BCUT2D eigenvalue weighted by atomic mass is 16.6. The van der Waals surface area contributed by atoms with Crippen molar-refractivity contribution >= 4 is 0 Å². The van der Waals surface area contributed by atoms with Gasteiger partial charge in [0.2, 0.25) is 0 Å². The van der Waals surface area contributed by atoms with Crippen molar-refractivity contribution in [1.29, 1.82) is 0 Å². The summed E-state index contributed by atoms with van der Waals surface area (Å²) in [7, 11) is 2.09. The molecule has 0 radical (unpaired) electrons. The van der Waals surface area contributed by atoms with E-state index in [-0.39, 0.29) is 5.60 Å². The van der Waals surface area contributed by atoms with Gasteiger partial charge < -0.3 is 14.8 Å². The maximum absolute atomic E-state index is 6.07. The predicted molar refractivity (Wildman–Crippen MR) is 84.6 cm³/mol. The fraction of sp³-hybridized carbons (Fsp3) is 0.667. The van der Waals surface area contributed by atoms with Crippen LogP contribution in [0.2, 0.25) is 0 Å². The van der Waals surface area contributed by atoms with E-state index >= 15 is 0 Å². The molecule has 3 nitrogen and oxygen atoms in total. The predicted octanol–water partition coefficient (Wildman–Crippen LogP) is 2.71. The van der Waals surface area contributed by atoms with Crippen LogP contribution in [0.4, 0.5) is 0 Å². The number of ether oxygens (including phenoxy) is 2. The highest BCUT2D eigenvalue weighted by Gasteiger charge is 2.42. The summed E-state index contributed by atoms with van der Waals surface area (Å²) in [5.74, 6) is 0.672. The number of nitrogens with one attached hydrogen (secondary N) is 1. The summed E-state index contributed by atoms with van der Waals surface area (Å²) in [4.78, 5) is 0. The molecule has 0 aromatic heterocycles. The van der Waals surface area contributed by atoms with Crippen LogP contribution in [0.15, 0.2) is 24.3 Å². The summed E-state index contributed by atoms with van der Waals surface area (Å²) in [6.07, 6.45) is 4.44. The third-order valence-electron chi connectivity index (χ3n) is 5.08. The molecule has 21 heavy (non-hydrogen) atoms. The van der Waals surface area contributed by atoms with E-state index in [1.165, 1.54) is 11.1 Å². The molecule has 0 aliphatic carbocycles. The third kappa shape index (κ3) is 3.47. The van der Waals surface area contributed by atoms with Crippen molar-refractivity contribution in [2.24, 2.45) is 5.92 Å². The van der Waals surface area contributed by atoms with Gasteiger partial charge >= 0.3 is 0 Å². The minimum absolute atomic E-state index is 0.00458. The standard InChI is InChI=1S/C18H27NO2/c1-14-4-3-5-15(10-14)11-17(19-2)16-6-8-21-18(12-16)7-9-20-13-18/h3-5,10,16-17,19H,6-9,11-13H2,1-2H3. The van der Waals surface area contributed by atoms with Gasteiger partial charge in [-0.3, -0.25) is 0 Å². The number of benzene rings is 1. The van der Waals surface area contributed by atoms with E-state index in [0.717, 1.165) is 45.5 Å². The molecule has 3 atom stereocenters. The summed E-state index contributed by atoms with van der Waals surface area (Å²) in [5.41, 5.74) is 2.78. The third-order valence-corrected chi connectivity index (χ3v) is 5.08. The molecule has 1 aromatic rings. The van der Waals surface area contributed by atoms with Crippen molar-refractivity contribution in [1.82, 2.24) is 5.32 Å². The molecule has 3 heteroatoms. The Balaban J connectivity index is 1.67. The van der Waals surface area contributed by atoms with E-state index in [0.29, 0.717) is 12.0 Å². The molecule has 2 aliphatic rings. The lowest BCUT2D eigenvalue weighted by Crippen LogP contribution is -2.47. The first-order valence-electron chi connectivity index (χ1n) is 8.15. The summed E-state index contributed by atoms with van der Waals surface area (Å²) in [5, 5.41) is 3.55. The fourth-order valence-electron chi connectivity index (χ4n) is 3.87. The maximum Gasteiger partial charge on any atom is 0.0939 e. The van der Waals surface area contributed by atoms with Crippen LogP contribution in [0.25, 0.3) is 0 Å². The van der Waals surface area contributed by atoms with Crippen molar-refractivity contribution in [2.75, 3.05) is 26.9 Å². The molecular formula is C18H27NO2. The van der Waals surface area contributed by atoms with Crippen LogP contribution in [0, 0.1) is 12.8 Å². The van der Waals surface area contributed by atoms with E-state index in [4.69, 9.17) is 9.47 Å². The minimum Gasteiger partial charge on any atom is -0.378 e. The number of likely N-dealkylation sites (N-methyl/N-ethyl adjacent to an activating group) is 1. The van der Waals surface area contributed by atoms with Crippen LogP contribution in [-0.2, 0) is 15.9 Å². The van der Waals surface area contributed by atoms with Gasteiger partial charge in [0.15, 0.2) is 0 Å². The van der Waals surface area contributed by atoms with E-state index in [1.54, 1.807) is 0 Å². The Bertz CT molecular complexity index is 468. The molecule has 116 valence electrons. The molecular weight excluding hydrogens is 262 g/mol. The smallest absolute Gasteiger partial charge is 0.0939 e. The van der Waals surface area contributed by atoms with Crippen LogP contribution < -0.4 is 5.32 Å². The first-order chi connectivity index (χ1) is 10.2. The van der Waals surface area contributed by atoms with Crippen LogP contribution in [-0.4, -0.2) is 38.5 Å². The second-order valence-corrected chi connectivity index (χ2v) is 6.68. The molecule has 2 fully saturated rings. The lowest BCUT2D eigenvalue weighted by Gasteiger charge is -2.40. The van der Waals surface area contributed by atoms with E-state index in [1.807, 2.05) is 0 Å². The maximum atomic E-state index is 6.07. The molecule has 0 saturated carbocycles. The largest absolute Gasteiger partial charge is 0.378 e. The second-order valence-electron chi connectivity index (χ2n) is 6.68. The molecule has 3 rings (SSSR count). The normalized spacial score (nSPS) is 30.7. The number of aryl methyl sites for hydroxylation is 1. The average molecular weight is 289 g/mol.